The molecule has 2 aromatic carbocycles. The molecule has 0 aliphatic heterocycles. The van der Waals surface area contributed by atoms with Crippen LogP contribution in [-0.2, 0) is 0 Å². The number of aromatic nitrogens is 2. The van der Waals surface area contributed by atoms with Crippen LogP contribution in [0.25, 0.3) is 11.0 Å². The van der Waals surface area contributed by atoms with Crippen LogP contribution in [0.15, 0.2) is 47.3 Å². The molecule has 140 valence electrons. The smallest absolute Gasteiger partial charge is 0.326 e. The second-order valence-electron chi connectivity index (χ2n) is 7.01. The number of ether oxygens (including phenoxy) is 1. The summed E-state index contributed by atoms with van der Waals surface area (Å²) in [4.78, 5) is 28.0. The number of carbonyl (C=O) groups is 1. The van der Waals surface area contributed by atoms with Crippen molar-refractivity contribution in [3.8, 4) is 5.75 Å². The van der Waals surface area contributed by atoms with Crippen LogP contribution in [0.2, 0.25) is 0 Å². The van der Waals surface area contributed by atoms with Crippen LogP contribution in [0, 0.1) is 0 Å². The molecular formula is C21H23N3O3. The maximum absolute atomic E-state index is 12.6. The van der Waals surface area contributed by atoms with Crippen molar-refractivity contribution in [2.45, 2.75) is 38.1 Å². The maximum atomic E-state index is 12.6. The van der Waals surface area contributed by atoms with Gasteiger partial charge in [-0.15, -0.1) is 0 Å². The number of hydrogen-bond acceptors (Lipinski definition) is 3. The molecule has 3 aromatic rings. The molecule has 1 aromatic heterocycles. The van der Waals surface area contributed by atoms with Crippen molar-refractivity contribution in [3.05, 3.63) is 58.5 Å². The lowest BCUT2D eigenvalue weighted by atomic mass is 9.95. The van der Waals surface area contributed by atoms with Crippen LogP contribution in [0.5, 0.6) is 5.75 Å². The molecule has 4 rings (SSSR count). The predicted molar refractivity (Wildman–Crippen MR) is 106 cm³/mol. The van der Waals surface area contributed by atoms with Crippen molar-refractivity contribution in [3.63, 3.8) is 0 Å². The summed E-state index contributed by atoms with van der Waals surface area (Å²) in [6, 6.07) is 12.8. The van der Waals surface area contributed by atoms with Crippen LogP contribution in [0.3, 0.4) is 0 Å². The minimum atomic E-state index is -0.226. The molecule has 0 spiro atoms. The molecule has 0 atom stereocenters. The normalized spacial score (nSPS) is 15.0. The van der Waals surface area contributed by atoms with Crippen molar-refractivity contribution >= 4 is 22.6 Å². The van der Waals surface area contributed by atoms with Gasteiger partial charge in [0.2, 0.25) is 0 Å². The van der Waals surface area contributed by atoms with Gasteiger partial charge in [-0.2, -0.15) is 0 Å². The minimum Gasteiger partial charge on any atom is -0.497 e. The highest BCUT2D eigenvalue weighted by atomic mass is 16.5. The number of H-pyrrole nitrogens is 1. The second kappa shape index (κ2) is 7.31. The Labute approximate surface area is 157 Å². The summed E-state index contributed by atoms with van der Waals surface area (Å²) < 4.78 is 7.04. The predicted octanol–water partition coefficient (Wildman–Crippen LogP) is 4.10. The third kappa shape index (κ3) is 3.47. The van der Waals surface area contributed by atoms with Gasteiger partial charge in [0.25, 0.3) is 5.91 Å². The molecule has 1 heterocycles. The molecule has 1 saturated carbocycles. The van der Waals surface area contributed by atoms with Gasteiger partial charge in [-0.3, -0.25) is 9.36 Å². The molecule has 2 N–H and O–H groups in total. The van der Waals surface area contributed by atoms with E-state index in [4.69, 9.17) is 4.74 Å². The van der Waals surface area contributed by atoms with E-state index in [1.165, 1.54) is 6.42 Å². The molecule has 1 amide bonds. The Hall–Kier alpha value is -3.02. The number of hydrogen-bond donors (Lipinski definition) is 2. The quantitative estimate of drug-likeness (QED) is 0.731. The summed E-state index contributed by atoms with van der Waals surface area (Å²) in [5.74, 6) is 0.452. The third-order valence-corrected chi connectivity index (χ3v) is 5.25. The van der Waals surface area contributed by atoms with Crippen LogP contribution in [-0.4, -0.2) is 22.6 Å². The second-order valence-corrected chi connectivity index (χ2v) is 7.01. The lowest BCUT2D eigenvalue weighted by molar-refractivity contribution is 0.102. The molecule has 1 fully saturated rings. The van der Waals surface area contributed by atoms with E-state index in [0.29, 0.717) is 22.5 Å². The van der Waals surface area contributed by atoms with Crippen molar-refractivity contribution in [2.75, 3.05) is 12.4 Å². The Kier molecular flexibility index (Phi) is 4.71. The number of fused-ring (bicyclic) bond motifs is 1. The summed E-state index contributed by atoms with van der Waals surface area (Å²) in [7, 11) is 1.59. The zero-order valence-electron chi connectivity index (χ0n) is 15.3. The first-order valence-electron chi connectivity index (χ1n) is 9.35. The van der Waals surface area contributed by atoms with E-state index in [2.05, 4.69) is 10.3 Å². The number of imidazole rings is 1. The summed E-state index contributed by atoms with van der Waals surface area (Å²) in [5.41, 5.74) is 2.63. The fourth-order valence-corrected chi connectivity index (χ4v) is 3.88. The molecule has 1 aliphatic carbocycles. The number of anilines is 1. The van der Waals surface area contributed by atoms with Gasteiger partial charge in [-0.05, 0) is 43.2 Å². The van der Waals surface area contributed by atoms with E-state index >= 15 is 0 Å². The molecule has 0 saturated heterocycles. The highest BCUT2D eigenvalue weighted by molar-refractivity contribution is 6.06. The van der Waals surface area contributed by atoms with Gasteiger partial charge >= 0.3 is 5.69 Å². The van der Waals surface area contributed by atoms with E-state index in [1.807, 2.05) is 22.8 Å². The molecular weight excluding hydrogens is 342 g/mol. The average molecular weight is 365 g/mol. The Balaban J connectivity index is 1.61. The molecule has 0 bridgehead atoms. The monoisotopic (exact) mass is 365 g/mol. The van der Waals surface area contributed by atoms with E-state index < -0.39 is 0 Å². The Morgan fingerprint density at radius 3 is 2.74 bits per heavy atom. The first-order valence-corrected chi connectivity index (χ1v) is 9.35. The molecule has 6 nitrogen and oxygen atoms in total. The third-order valence-electron chi connectivity index (χ3n) is 5.25. The van der Waals surface area contributed by atoms with Crippen LogP contribution >= 0.6 is 0 Å². The van der Waals surface area contributed by atoms with Crippen LogP contribution < -0.4 is 15.7 Å². The number of methoxy groups -OCH3 is 1. The Morgan fingerprint density at radius 2 is 1.96 bits per heavy atom. The van der Waals surface area contributed by atoms with Gasteiger partial charge in [0.1, 0.15) is 5.75 Å². The molecule has 0 radical (unpaired) electrons. The SMILES string of the molecule is COc1cccc(NC(=O)c2ccc3c(c2)[nH]c(=O)n3C2CCCCC2)c1. The topological polar surface area (TPSA) is 76.1 Å². The molecule has 0 unspecified atom stereocenters. The average Bonchev–Trinajstić information content (AvgIpc) is 3.03. The van der Waals surface area contributed by atoms with Gasteiger partial charge < -0.3 is 15.0 Å². The summed E-state index contributed by atoms with van der Waals surface area (Å²) in [6.07, 6.45) is 5.62. The number of rotatable bonds is 4. The number of benzene rings is 2. The molecule has 1 aliphatic rings. The zero-order chi connectivity index (χ0) is 18.8. The summed E-state index contributed by atoms with van der Waals surface area (Å²) in [6.45, 7) is 0. The van der Waals surface area contributed by atoms with Crippen molar-refractivity contribution in [1.29, 1.82) is 0 Å². The lowest BCUT2D eigenvalue weighted by Gasteiger charge is -2.22. The van der Waals surface area contributed by atoms with E-state index in [9.17, 15) is 9.59 Å². The number of nitrogens with one attached hydrogen (secondary N) is 2. The van der Waals surface area contributed by atoms with Gasteiger partial charge in [-0.1, -0.05) is 25.3 Å². The van der Waals surface area contributed by atoms with Gasteiger partial charge in [0.05, 0.1) is 18.1 Å². The largest absolute Gasteiger partial charge is 0.497 e. The number of aromatic amines is 1. The summed E-state index contributed by atoms with van der Waals surface area (Å²) >= 11 is 0. The van der Waals surface area contributed by atoms with Gasteiger partial charge in [-0.25, -0.2) is 4.79 Å². The Morgan fingerprint density at radius 1 is 1.15 bits per heavy atom. The Bertz CT molecular complexity index is 1030. The van der Waals surface area contributed by atoms with E-state index in [0.717, 1.165) is 31.2 Å². The van der Waals surface area contributed by atoms with Gasteiger partial charge in [0, 0.05) is 23.4 Å². The van der Waals surface area contributed by atoms with Crippen LogP contribution in [0.4, 0.5) is 5.69 Å². The molecule has 6 heteroatoms. The zero-order valence-corrected chi connectivity index (χ0v) is 15.3. The maximum Gasteiger partial charge on any atom is 0.326 e. The fraction of sp³-hybridized carbons (Fsp3) is 0.333. The van der Waals surface area contributed by atoms with Crippen molar-refractivity contribution in [1.82, 2.24) is 9.55 Å². The first-order chi connectivity index (χ1) is 13.2. The van der Waals surface area contributed by atoms with Gasteiger partial charge in [0.15, 0.2) is 0 Å². The molecule has 27 heavy (non-hydrogen) atoms. The van der Waals surface area contributed by atoms with Crippen molar-refractivity contribution < 1.29 is 9.53 Å². The number of carbonyl (C=O) groups excluding carboxylic acids is 1. The lowest BCUT2D eigenvalue weighted by Crippen LogP contribution is -2.23. The standard InChI is InChI=1S/C21H23N3O3/c1-27-17-9-5-6-15(13-17)22-20(25)14-10-11-19-18(12-14)23-21(26)24(19)16-7-3-2-4-8-16/h5-6,9-13,16H,2-4,7-8H2,1H3,(H,22,25)(H,23,26). The minimum absolute atomic E-state index is 0.0951. The number of amides is 1. The fourth-order valence-electron chi connectivity index (χ4n) is 3.88. The summed E-state index contributed by atoms with van der Waals surface area (Å²) in [5, 5.41) is 2.86. The van der Waals surface area contributed by atoms with Crippen LogP contribution in [0.1, 0.15) is 48.5 Å². The van der Waals surface area contributed by atoms with E-state index in [-0.39, 0.29) is 17.6 Å². The highest BCUT2D eigenvalue weighted by Crippen LogP contribution is 2.29. The number of nitrogens with zero attached hydrogens (tertiary/aromatic N) is 1. The first kappa shape index (κ1) is 17.4. The van der Waals surface area contributed by atoms with Crippen molar-refractivity contribution in [2.24, 2.45) is 0 Å². The van der Waals surface area contributed by atoms with E-state index in [1.54, 1.807) is 31.4 Å². The highest BCUT2D eigenvalue weighted by Gasteiger charge is 2.20.